The van der Waals surface area contributed by atoms with Gasteiger partial charge in [-0.25, -0.2) is 4.99 Å². The second-order valence-electron chi connectivity index (χ2n) is 4.17. The maximum atomic E-state index is 5.74. The molecule has 5 nitrogen and oxygen atoms in total. The van der Waals surface area contributed by atoms with Gasteiger partial charge in [-0.1, -0.05) is 6.92 Å². The number of hydrogen-bond donors (Lipinski definition) is 2. The van der Waals surface area contributed by atoms with Crippen molar-refractivity contribution < 1.29 is 4.74 Å². The highest BCUT2D eigenvalue weighted by atomic mass is 127. The first-order chi connectivity index (χ1) is 8.60. The van der Waals surface area contributed by atoms with E-state index in [0.717, 1.165) is 35.5 Å². The smallest absolute Gasteiger partial charge is 0.188 e. The highest BCUT2D eigenvalue weighted by Crippen LogP contribution is 2.24. The number of pyridine rings is 1. The summed E-state index contributed by atoms with van der Waals surface area (Å²) in [7, 11) is 1.67. The minimum atomic E-state index is 0. The topological polar surface area (TPSA) is 72.5 Å². The Morgan fingerprint density at radius 1 is 1.47 bits per heavy atom. The molecule has 0 spiro atoms. The normalized spacial score (nSPS) is 10.8. The van der Waals surface area contributed by atoms with Crippen LogP contribution in [0.2, 0.25) is 0 Å². The zero-order valence-electron chi connectivity index (χ0n) is 12.0. The van der Waals surface area contributed by atoms with Crippen molar-refractivity contribution in [1.29, 1.82) is 0 Å². The van der Waals surface area contributed by atoms with Crippen LogP contribution in [0.5, 0.6) is 5.75 Å². The van der Waals surface area contributed by atoms with E-state index in [1.807, 2.05) is 13.8 Å². The zero-order valence-corrected chi connectivity index (χ0v) is 14.3. The van der Waals surface area contributed by atoms with Crippen LogP contribution in [-0.4, -0.2) is 24.6 Å². The number of halogens is 1. The van der Waals surface area contributed by atoms with Gasteiger partial charge >= 0.3 is 0 Å². The average Bonchev–Trinajstić information content (AvgIpc) is 2.36. The van der Waals surface area contributed by atoms with E-state index >= 15 is 0 Å². The van der Waals surface area contributed by atoms with Crippen molar-refractivity contribution in [3.63, 3.8) is 0 Å². The third-order valence-corrected chi connectivity index (χ3v) is 2.71. The lowest BCUT2D eigenvalue weighted by molar-refractivity contribution is 0.407. The molecule has 1 aromatic rings. The Balaban J connectivity index is 0.00000324. The first kappa shape index (κ1) is 17.9. The molecule has 0 unspecified atom stereocenters. The van der Waals surface area contributed by atoms with E-state index in [1.54, 1.807) is 13.3 Å². The number of methoxy groups -OCH3 is 1. The van der Waals surface area contributed by atoms with Crippen LogP contribution < -0.4 is 15.8 Å². The van der Waals surface area contributed by atoms with Gasteiger partial charge in [0.1, 0.15) is 5.75 Å². The number of aromatic nitrogens is 1. The molecule has 0 aliphatic carbocycles. The zero-order chi connectivity index (χ0) is 13.5. The number of nitrogens with one attached hydrogen (secondary N) is 1. The van der Waals surface area contributed by atoms with Crippen LogP contribution >= 0.6 is 24.0 Å². The van der Waals surface area contributed by atoms with Gasteiger partial charge < -0.3 is 15.8 Å². The number of aliphatic imine (C=N–C) groups is 1. The van der Waals surface area contributed by atoms with Gasteiger partial charge in [-0.3, -0.25) is 4.98 Å². The second-order valence-corrected chi connectivity index (χ2v) is 4.17. The fraction of sp³-hybridized carbons (Fsp3) is 0.538. The number of guanidine groups is 1. The van der Waals surface area contributed by atoms with Crippen LogP contribution in [0.4, 0.5) is 0 Å². The number of ether oxygens (including phenoxy) is 1. The van der Waals surface area contributed by atoms with Crippen LogP contribution in [0.3, 0.4) is 0 Å². The van der Waals surface area contributed by atoms with Gasteiger partial charge in [0.15, 0.2) is 5.96 Å². The first-order valence-electron chi connectivity index (χ1n) is 6.13. The van der Waals surface area contributed by atoms with Gasteiger partial charge in [0.25, 0.3) is 0 Å². The molecule has 3 N–H and O–H groups in total. The minimum absolute atomic E-state index is 0. The molecule has 0 bridgehead atoms. The molecule has 19 heavy (non-hydrogen) atoms. The van der Waals surface area contributed by atoms with Crippen molar-refractivity contribution in [2.75, 3.05) is 13.7 Å². The minimum Gasteiger partial charge on any atom is -0.496 e. The highest BCUT2D eigenvalue weighted by molar-refractivity contribution is 14.0. The molecule has 0 saturated heterocycles. The van der Waals surface area contributed by atoms with Crippen molar-refractivity contribution >= 4 is 29.9 Å². The summed E-state index contributed by atoms with van der Waals surface area (Å²) in [4.78, 5) is 8.63. The third kappa shape index (κ3) is 5.22. The lowest BCUT2D eigenvalue weighted by Crippen LogP contribution is -2.32. The standard InChI is InChI=1S/C13H22N4O.HI/c1-5-6-15-13(14)17-8-11-10(3)12(18-4)9(2)7-16-11;/h7H,5-6,8H2,1-4H3,(H3,14,15,17);1H. The van der Waals surface area contributed by atoms with Crippen LogP contribution in [0, 0.1) is 13.8 Å². The summed E-state index contributed by atoms with van der Waals surface area (Å²) in [5, 5.41) is 3.03. The van der Waals surface area contributed by atoms with E-state index in [2.05, 4.69) is 22.2 Å². The molecule has 0 radical (unpaired) electrons. The van der Waals surface area contributed by atoms with Gasteiger partial charge in [-0.2, -0.15) is 0 Å². The largest absolute Gasteiger partial charge is 0.496 e. The van der Waals surface area contributed by atoms with E-state index in [1.165, 1.54) is 0 Å². The molecule has 0 atom stereocenters. The molecule has 0 aromatic carbocycles. The summed E-state index contributed by atoms with van der Waals surface area (Å²) in [6, 6.07) is 0. The molecule has 1 rings (SSSR count). The summed E-state index contributed by atoms with van der Waals surface area (Å²) in [6.07, 6.45) is 2.82. The third-order valence-electron chi connectivity index (χ3n) is 2.71. The van der Waals surface area contributed by atoms with E-state index in [9.17, 15) is 0 Å². The van der Waals surface area contributed by atoms with Gasteiger partial charge in [-0.15, -0.1) is 24.0 Å². The van der Waals surface area contributed by atoms with Gasteiger partial charge in [-0.05, 0) is 20.3 Å². The predicted octanol–water partition coefficient (Wildman–Crippen LogP) is 2.14. The fourth-order valence-corrected chi connectivity index (χ4v) is 1.70. The van der Waals surface area contributed by atoms with Gasteiger partial charge in [0.2, 0.25) is 0 Å². The summed E-state index contributed by atoms with van der Waals surface area (Å²) in [5.41, 5.74) is 8.67. The van der Waals surface area contributed by atoms with Crippen molar-refractivity contribution in [2.45, 2.75) is 33.7 Å². The molecule has 108 valence electrons. The van der Waals surface area contributed by atoms with Crippen molar-refractivity contribution in [3.8, 4) is 5.75 Å². The molecular formula is C13H23IN4O. The average molecular weight is 378 g/mol. The SMILES string of the molecule is CCCNC(N)=NCc1ncc(C)c(OC)c1C.I. The highest BCUT2D eigenvalue weighted by Gasteiger charge is 2.08. The Hall–Kier alpha value is -1.05. The second kappa shape index (κ2) is 8.95. The monoisotopic (exact) mass is 378 g/mol. The predicted molar refractivity (Wildman–Crippen MR) is 89.3 cm³/mol. The molecule has 0 saturated carbocycles. The Morgan fingerprint density at radius 3 is 2.74 bits per heavy atom. The van der Waals surface area contributed by atoms with Crippen LogP contribution in [0.1, 0.15) is 30.2 Å². The summed E-state index contributed by atoms with van der Waals surface area (Å²) < 4.78 is 5.35. The van der Waals surface area contributed by atoms with E-state index < -0.39 is 0 Å². The number of hydrogen-bond acceptors (Lipinski definition) is 3. The maximum absolute atomic E-state index is 5.74. The van der Waals surface area contributed by atoms with E-state index in [-0.39, 0.29) is 24.0 Å². The molecule has 0 aliphatic heterocycles. The number of aryl methyl sites for hydroxylation is 1. The van der Waals surface area contributed by atoms with Gasteiger partial charge in [0, 0.05) is 23.9 Å². The van der Waals surface area contributed by atoms with Crippen LogP contribution in [-0.2, 0) is 6.54 Å². The van der Waals surface area contributed by atoms with Crippen molar-refractivity contribution in [3.05, 3.63) is 23.0 Å². The fourth-order valence-electron chi connectivity index (χ4n) is 1.70. The van der Waals surface area contributed by atoms with E-state index in [4.69, 9.17) is 10.5 Å². The summed E-state index contributed by atoms with van der Waals surface area (Å²) >= 11 is 0. The molecule has 1 heterocycles. The summed E-state index contributed by atoms with van der Waals surface area (Å²) in [5.74, 6) is 1.33. The lowest BCUT2D eigenvalue weighted by atomic mass is 10.1. The van der Waals surface area contributed by atoms with Crippen LogP contribution in [0.15, 0.2) is 11.2 Å². The maximum Gasteiger partial charge on any atom is 0.188 e. The molecule has 1 aromatic heterocycles. The molecule has 0 fully saturated rings. The Bertz CT molecular complexity index is 435. The lowest BCUT2D eigenvalue weighted by Gasteiger charge is -2.11. The summed E-state index contributed by atoms with van der Waals surface area (Å²) in [6.45, 7) is 7.34. The van der Waals surface area contributed by atoms with Crippen molar-refractivity contribution in [2.24, 2.45) is 10.7 Å². The number of nitrogens with two attached hydrogens (primary N) is 1. The quantitative estimate of drug-likeness (QED) is 0.468. The Kier molecular flexibility index (Phi) is 8.46. The Morgan fingerprint density at radius 2 is 2.16 bits per heavy atom. The molecule has 0 amide bonds. The van der Waals surface area contributed by atoms with Crippen LogP contribution in [0.25, 0.3) is 0 Å². The van der Waals surface area contributed by atoms with E-state index in [0.29, 0.717) is 12.5 Å². The Labute approximate surface area is 132 Å². The molecule has 0 aliphatic rings. The number of rotatable bonds is 5. The first-order valence-corrected chi connectivity index (χ1v) is 6.13. The van der Waals surface area contributed by atoms with Gasteiger partial charge in [0.05, 0.1) is 19.3 Å². The number of nitrogens with zero attached hydrogens (tertiary/aromatic N) is 2. The molecule has 6 heteroatoms. The molecular weight excluding hydrogens is 355 g/mol. The van der Waals surface area contributed by atoms with Crippen molar-refractivity contribution in [1.82, 2.24) is 10.3 Å².